The molecule has 2 fully saturated rings. The van der Waals surface area contributed by atoms with Crippen LogP contribution in [-0.2, 0) is 15.9 Å². The van der Waals surface area contributed by atoms with Crippen LogP contribution in [0.4, 0.5) is 4.39 Å². The van der Waals surface area contributed by atoms with Gasteiger partial charge < -0.3 is 14.5 Å². The van der Waals surface area contributed by atoms with Gasteiger partial charge in [0.15, 0.2) is 5.52 Å². The Bertz CT molecular complexity index is 1140. The molecule has 1 aliphatic carbocycles. The molecular formula is C25H31FN4O3. The molecule has 1 saturated carbocycles. The van der Waals surface area contributed by atoms with E-state index in [0.717, 1.165) is 56.3 Å². The largest absolute Gasteiger partial charge is 0.381 e. The first-order valence-electron chi connectivity index (χ1n) is 11.9. The van der Waals surface area contributed by atoms with Crippen molar-refractivity contribution < 1.29 is 13.9 Å². The summed E-state index contributed by atoms with van der Waals surface area (Å²) in [5.74, 6) is 2.00. The number of fused-ring (bicyclic) bond motifs is 1. The van der Waals surface area contributed by atoms with Gasteiger partial charge in [0.05, 0.1) is 12.3 Å². The molecule has 3 atom stereocenters. The first kappa shape index (κ1) is 22.2. The van der Waals surface area contributed by atoms with Gasteiger partial charge in [-0.05, 0) is 55.7 Å². The van der Waals surface area contributed by atoms with Gasteiger partial charge in [-0.3, -0.25) is 4.79 Å². The van der Waals surface area contributed by atoms with E-state index in [2.05, 4.69) is 9.97 Å². The molecular weight excluding hydrogens is 423 g/mol. The standard InChI is InChI=1S/C25H31FN4O3/c1-32-22-14-17(13-16-5-7-19(26)8-6-16)3-2-4-20(22)23-28-25(31)21-15-27-24(30(21)29-23)18-9-11-33-12-10-18/h5-8,15,17-18,20,22H,2-4,9-14H2,1H3,(H,28,29,31). The number of nitrogens with zero attached hydrogens (tertiary/aromatic N) is 3. The van der Waals surface area contributed by atoms with Gasteiger partial charge in [-0.25, -0.2) is 13.9 Å². The third-order valence-electron chi connectivity index (χ3n) is 7.27. The second kappa shape index (κ2) is 9.73. The minimum atomic E-state index is -0.209. The third kappa shape index (κ3) is 4.73. The highest BCUT2D eigenvalue weighted by molar-refractivity contribution is 5.42. The van der Waals surface area contributed by atoms with E-state index in [1.165, 1.54) is 12.1 Å². The Labute approximate surface area is 192 Å². The summed E-state index contributed by atoms with van der Waals surface area (Å²) in [5.41, 5.74) is 1.46. The smallest absolute Gasteiger partial charge is 0.276 e. The molecule has 176 valence electrons. The normalized spacial score (nSPS) is 24.7. The van der Waals surface area contributed by atoms with E-state index < -0.39 is 0 Å². The van der Waals surface area contributed by atoms with Gasteiger partial charge in [-0.2, -0.15) is 5.10 Å². The van der Waals surface area contributed by atoms with Crippen molar-refractivity contribution in [3.8, 4) is 0 Å². The number of hydrogen-bond acceptors (Lipinski definition) is 5. The summed E-state index contributed by atoms with van der Waals surface area (Å²) in [7, 11) is 1.74. The van der Waals surface area contributed by atoms with Crippen LogP contribution < -0.4 is 5.56 Å². The van der Waals surface area contributed by atoms with Crippen LogP contribution >= 0.6 is 0 Å². The topological polar surface area (TPSA) is 81.5 Å². The van der Waals surface area contributed by atoms with E-state index >= 15 is 0 Å². The Kier molecular flexibility index (Phi) is 6.55. The average Bonchev–Trinajstić information content (AvgIpc) is 3.16. The minimum Gasteiger partial charge on any atom is -0.381 e. The fraction of sp³-hybridized carbons (Fsp3) is 0.560. The Hall–Kier alpha value is -2.58. The van der Waals surface area contributed by atoms with Gasteiger partial charge in [0.25, 0.3) is 5.56 Å². The van der Waals surface area contributed by atoms with Crippen LogP contribution in [0.25, 0.3) is 5.52 Å². The number of rotatable bonds is 5. The number of methoxy groups -OCH3 is 1. The Morgan fingerprint density at radius 2 is 1.97 bits per heavy atom. The number of benzene rings is 1. The highest BCUT2D eigenvalue weighted by Gasteiger charge is 2.32. The number of nitrogens with one attached hydrogen (secondary N) is 1. The van der Waals surface area contributed by atoms with Gasteiger partial charge >= 0.3 is 0 Å². The van der Waals surface area contributed by atoms with Gasteiger partial charge in [0.2, 0.25) is 0 Å². The molecule has 2 aliphatic rings. The molecule has 1 N–H and O–H groups in total. The summed E-state index contributed by atoms with van der Waals surface area (Å²) in [6.45, 7) is 1.42. The molecule has 0 spiro atoms. The maximum Gasteiger partial charge on any atom is 0.276 e. The van der Waals surface area contributed by atoms with Crippen LogP contribution in [0.15, 0.2) is 35.3 Å². The van der Waals surface area contributed by atoms with Crippen LogP contribution in [-0.4, -0.2) is 46.0 Å². The monoisotopic (exact) mass is 454 g/mol. The van der Waals surface area contributed by atoms with Crippen molar-refractivity contribution in [2.24, 2.45) is 5.92 Å². The maximum atomic E-state index is 13.3. The summed E-state index contributed by atoms with van der Waals surface area (Å²) >= 11 is 0. The number of aromatic amines is 1. The van der Waals surface area contributed by atoms with Gasteiger partial charge in [0, 0.05) is 32.2 Å². The van der Waals surface area contributed by atoms with Crippen LogP contribution in [0, 0.1) is 11.7 Å². The van der Waals surface area contributed by atoms with E-state index in [4.69, 9.17) is 14.6 Å². The van der Waals surface area contributed by atoms with Crippen LogP contribution in [0.1, 0.15) is 67.6 Å². The molecule has 3 heterocycles. The SMILES string of the molecule is COC1CC(Cc2ccc(F)cc2)CCCC1c1nn2c(C3CCOCC3)ncc2c(=O)[nH]1. The Morgan fingerprint density at radius 3 is 2.73 bits per heavy atom. The van der Waals surface area contributed by atoms with E-state index in [1.807, 2.05) is 12.1 Å². The lowest BCUT2D eigenvalue weighted by Crippen LogP contribution is -2.28. The molecule has 8 heteroatoms. The molecule has 33 heavy (non-hydrogen) atoms. The van der Waals surface area contributed by atoms with E-state index in [0.29, 0.717) is 30.5 Å². The van der Waals surface area contributed by atoms with Crippen LogP contribution in [0.5, 0.6) is 0 Å². The second-order valence-corrected chi connectivity index (χ2v) is 9.38. The molecule has 1 aromatic carbocycles. The lowest BCUT2D eigenvalue weighted by atomic mass is 9.90. The summed E-state index contributed by atoms with van der Waals surface area (Å²) in [5, 5.41) is 4.89. The maximum absolute atomic E-state index is 13.3. The molecule has 3 aromatic rings. The van der Waals surface area contributed by atoms with Crippen molar-refractivity contribution in [1.82, 2.24) is 19.6 Å². The summed E-state index contributed by atoms with van der Waals surface area (Å²) in [6.07, 6.45) is 8.11. The van der Waals surface area contributed by atoms with Gasteiger partial charge in [-0.15, -0.1) is 0 Å². The highest BCUT2D eigenvalue weighted by atomic mass is 19.1. The first-order chi connectivity index (χ1) is 16.1. The van der Waals surface area contributed by atoms with E-state index in [1.54, 1.807) is 17.8 Å². The van der Waals surface area contributed by atoms with Crippen molar-refractivity contribution in [1.29, 1.82) is 0 Å². The van der Waals surface area contributed by atoms with Crippen molar-refractivity contribution in [2.75, 3.05) is 20.3 Å². The van der Waals surface area contributed by atoms with Crippen molar-refractivity contribution in [2.45, 2.75) is 62.9 Å². The second-order valence-electron chi connectivity index (χ2n) is 9.38. The molecule has 0 amide bonds. The Balaban J connectivity index is 1.41. The number of aromatic nitrogens is 4. The average molecular weight is 455 g/mol. The fourth-order valence-corrected chi connectivity index (χ4v) is 5.47. The van der Waals surface area contributed by atoms with Gasteiger partial charge in [-0.1, -0.05) is 25.0 Å². The molecule has 0 radical (unpaired) electrons. The van der Waals surface area contributed by atoms with E-state index in [-0.39, 0.29) is 29.3 Å². The Morgan fingerprint density at radius 1 is 1.18 bits per heavy atom. The van der Waals surface area contributed by atoms with Crippen molar-refractivity contribution in [3.05, 3.63) is 63.8 Å². The molecule has 0 bridgehead atoms. The number of halogens is 1. The first-order valence-corrected chi connectivity index (χ1v) is 11.9. The number of imidazole rings is 1. The predicted octanol–water partition coefficient (Wildman–Crippen LogP) is 3.98. The lowest BCUT2D eigenvalue weighted by Gasteiger charge is -2.25. The molecule has 1 saturated heterocycles. The van der Waals surface area contributed by atoms with Crippen molar-refractivity contribution >= 4 is 5.52 Å². The quantitative estimate of drug-likeness (QED) is 0.590. The number of ether oxygens (including phenoxy) is 2. The zero-order valence-electron chi connectivity index (χ0n) is 19.0. The molecule has 1 aliphatic heterocycles. The summed E-state index contributed by atoms with van der Waals surface area (Å²) < 4.78 is 26.5. The van der Waals surface area contributed by atoms with E-state index in [9.17, 15) is 9.18 Å². The van der Waals surface area contributed by atoms with Crippen LogP contribution in [0.3, 0.4) is 0 Å². The molecule has 5 rings (SSSR count). The zero-order chi connectivity index (χ0) is 22.8. The van der Waals surface area contributed by atoms with Crippen molar-refractivity contribution in [3.63, 3.8) is 0 Å². The highest BCUT2D eigenvalue weighted by Crippen LogP contribution is 2.36. The summed E-state index contributed by atoms with van der Waals surface area (Å²) in [6, 6.07) is 6.77. The summed E-state index contributed by atoms with van der Waals surface area (Å²) in [4.78, 5) is 20.5. The predicted molar refractivity (Wildman–Crippen MR) is 122 cm³/mol. The molecule has 2 aromatic heterocycles. The lowest BCUT2D eigenvalue weighted by molar-refractivity contribution is 0.0605. The molecule has 3 unspecified atom stereocenters. The minimum absolute atomic E-state index is 0.00950. The third-order valence-corrected chi connectivity index (χ3v) is 7.27. The number of H-pyrrole nitrogens is 1. The van der Waals surface area contributed by atoms with Gasteiger partial charge in [0.1, 0.15) is 17.5 Å². The zero-order valence-corrected chi connectivity index (χ0v) is 19.0. The fourth-order valence-electron chi connectivity index (χ4n) is 5.47. The number of hydrogen-bond donors (Lipinski definition) is 1. The van der Waals surface area contributed by atoms with Crippen LogP contribution in [0.2, 0.25) is 0 Å². The molecule has 7 nitrogen and oxygen atoms in total.